The molecule has 1 aromatic carbocycles. The Morgan fingerprint density at radius 1 is 1.41 bits per heavy atom. The maximum absolute atomic E-state index is 12.0. The largest absolute Gasteiger partial charge is 0.492 e. The van der Waals surface area contributed by atoms with Crippen molar-refractivity contribution in [1.82, 2.24) is 9.88 Å². The van der Waals surface area contributed by atoms with Gasteiger partial charge in [-0.05, 0) is 75.3 Å². The third-order valence-corrected chi connectivity index (χ3v) is 8.03. The number of rotatable bonds is 4. The molecule has 1 saturated heterocycles. The number of carbonyl (C=O) groups is 1. The highest BCUT2D eigenvalue weighted by molar-refractivity contribution is 14.1. The van der Waals surface area contributed by atoms with E-state index in [0.29, 0.717) is 30.3 Å². The van der Waals surface area contributed by atoms with Crippen LogP contribution in [-0.4, -0.2) is 39.8 Å². The Bertz CT molecular complexity index is 934. The number of ether oxygens (including phenoxy) is 1. The molecule has 0 saturated carbocycles. The van der Waals surface area contributed by atoms with Crippen molar-refractivity contribution in [2.24, 2.45) is 5.41 Å². The summed E-state index contributed by atoms with van der Waals surface area (Å²) < 4.78 is 7.94. The molecule has 2 aromatic rings. The highest BCUT2D eigenvalue weighted by atomic mass is 127. The first-order valence-electron chi connectivity index (χ1n) is 9.63. The number of hydrogen-bond donors (Lipinski definition) is 1. The predicted octanol–water partition coefficient (Wildman–Crippen LogP) is 6.97. The molecule has 0 unspecified atom stereocenters. The third-order valence-electron chi connectivity index (χ3n) is 5.94. The summed E-state index contributed by atoms with van der Waals surface area (Å²) in [5, 5.41) is 11.4. The van der Waals surface area contributed by atoms with Crippen molar-refractivity contribution in [1.29, 1.82) is 0 Å². The minimum Gasteiger partial charge on any atom is -0.492 e. The molecule has 0 aliphatic carbocycles. The SMILES string of the molecule is CC(C)(C)[C@]1(CCOc2c(Br)cnc3cc(Cl)c(I)cc23)CCCCN1C(=O)O. The summed E-state index contributed by atoms with van der Waals surface area (Å²) in [5.74, 6) is 0.714. The highest BCUT2D eigenvalue weighted by Gasteiger charge is 2.49. The van der Waals surface area contributed by atoms with Crippen LogP contribution in [0.15, 0.2) is 22.8 Å². The van der Waals surface area contributed by atoms with Crippen molar-refractivity contribution >= 4 is 67.1 Å². The molecule has 1 aromatic heterocycles. The summed E-state index contributed by atoms with van der Waals surface area (Å²) in [6.45, 7) is 7.35. The number of pyridine rings is 1. The Balaban J connectivity index is 1.90. The molecule has 5 nitrogen and oxygen atoms in total. The first-order chi connectivity index (χ1) is 13.6. The summed E-state index contributed by atoms with van der Waals surface area (Å²) in [6.07, 6.45) is 4.27. The zero-order valence-corrected chi connectivity index (χ0v) is 21.3. The van der Waals surface area contributed by atoms with Gasteiger partial charge in [-0.3, -0.25) is 4.98 Å². The van der Waals surface area contributed by atoms with E-state index in [9.17, 15) is 9.90 Å². The molecule has 158 valence electrons. The van der Waals surface area contributed by atoms with Crippen LogP contribution in [0.1, 0.15) is 46.5 Å². The topological polar surface area (TPSA) is 62.7 Å². The maximum Gasteiger partial charge on any atom is 0.407 e. The lowest BCUT2D eigenvalue weighted by molar-refractivity contribution is -0.0373. The van der Waals surface area contributed by atoms with Gasteiger partial charge < -0.3 is 14.7 Å². The Labute approximate surface area is 198 Å². The van der Waals surface area contributed by atoms with Crippen molar-refractivity contribution in [3.8, 4) is 5.75 Å². The van der Waals surface area contributed by atoms with E-state index in [-0.39, 0.29) is 5.41 Å². The summed E-state index contributed by atoms with van der Waals surface area (Å²) in [6, 6.07) is 3.80. The van der Waals surface area contributed by atoms with Gasteiger partial charge in [0.05, 0.1) is 27.2 Å². The van der Waals surface area contributed by atoms with Gasteiger partial charge in [-0.1, -0.05) is 32.4 Å². The Hall–Kier alpha value is -0.800. The second-order valence-corrected chi connectivity index (χ2v) is 10.9. The molecule has 0 bridgehead atoms. The lowest BCUT2D eigenvalue weighted by atomic mass is 9.66. The molecule has 1 fully saturated rings. The van der Waals surface area contributed by atoms with E-state index in [0.717, 1.165) is 38.2 Å². The second-order valence-electron chi connectivity index (χ2n) is 8.49. The summed E-state index contributed by atoms with van der Waals surface area (Å²) >= 11 is 12.0. The van der Waals surface area contributed by atoms with Gasteiger partial charge in [0.25, 0.3) is 0 Å². The van der Waals surface area contributed by atoms with Crippen LogP contribution in [-0.2, 0) is 0 Å². The number of likely N-dealkylation sites (tertiary alicyclic amines) is 1. The van der Waals surface area contributed by atoms with Crippen LogP contribution in [0.3, 0.4) is 0 Å². The van der Waals surface area contributed by atoms with E-state index in [1.165, 1.54) is 0 Å². The molecule has 2 heterocycles. The van der Waals surface area contributed by atoms with Crippen LogP contribution in [0.4, 0.5) is 4.79 Å². The Kier molecular flexibility index (Phi) is 6.90. The van der Waals surface area contributed by atoms with Crippen LogP contribution < -0.4 is 4.74 Å². The first kappa shape index (κ1) is 22.9. The van der Waals surface area contributed by atoms with E-state index < -0.39 is 11.6 Å². The Morgan fingerprint density at radius 3 is 2.79 bits per heavy atom. The lowest BCUT2D eigenvalue weighted by Gasteiger charge is -2.53. The van der Waals surface area contributed by atoms with E-state index in [1.54, 1.807) is 11.1 Å². The average molecular weight is 596 g/mol. The molecule has 8 heteroatoms. The van der Waals surface area contributed by atoms with E-state index >= 15 is 0 Å². The summed E-state index contributed by atoms with van der Waals surface area (Å²) in [4.78, 5) is 18.1. The number of halogens is 3. The first-order valence-corrected chi connectivity index (χ1v) is 11.9. The monoisotopic (exact) mass is 594 g/mol. The smallest absolute Gasteiger partial charge is 0.407 e. The van der Waals surface area contributed by atoms with Gasteiger partial charge in [0, 0.05) is 28.1 Å². The molecule has 1 aliphatic rings. The number of aromatic nitrogens is 1. The third kappa shape index (κ3) is 4.46. The van der Waals surface area contributed by atoms with Crippen molar-refractivity contribution in [3.05, 3.63) is 31.4 Å². The molecule has 3 rings (SSSR count). The van der Waals surface area contributed by atoms with Gasteiger partial charge >= 0.3 is 6.09 Å². The van der Waals surface area contributed by atoms with Gasteiger partial charge in [0.1, 0.15) is 5.75 Å². The molecular weight excluding hydrogens is 571 g/mol. The fourth-order valence-corrected chi connectivity index (χ4v) is 5.39. The molecular formula is C21H25BrClIN2O3. The minimum atomic E-state index is -0.848. The van der Waals surface area contributed by atoms with E-state index in [2.05, 4.69) is 64.3 Å². The number of amides is 1. The maximum atomic E-state index is 12.0. The second kappa shape index (κ2) is 8.75. The molecule has 0 radical (unpaired) electrons. The van der Waals surface area contributed by atoms with Crippen molar-refractivity contribution < 1.29 is 14.6 Å². The number of piperidine rings is 1. The fraction of sp³-hybridized carbons (Fsp3) is 0.524. The molecule has 29 heavy (non-hydrogen) atoms. The predicted molar refractivity (Wildman–Crippen MR) is 128 cm³/mol. The quantitative estimate of drug-likeness (QED) is 0.388. The number of benzene rings is 1. The van der Waals surface area contributed by atoms with Crippen molar-refractivity contribution in [2.45, 2.75) is 52.0 Å². The molecule has 0 spiro atoms. The number of carboxylic acid groups (broad SMARTS) is 1. The van der Waals surface area contributed by atoms with Gasteiger partial charge in [0.15, 0.2) is 0 Å². The lowest BCUT2D eigenvalue weighted by Crippen LogP contribution is -2.61. The van der Waals surface area contributed by atoms with Gasteiger partial charge in [-0.15, -0.1) is 0 Å². The average Bonchev–Trinajstić information content (AvgIpc) is 2.64. The zero-order chi connectivity index (χ0) is 21.4. The molecule has 1 atom stereocenters. The number of nitrogens with zero attached hydrogens (tertiary/aromatic N) is 2. The molecule has 1 aliphatic heterocycles. The van der Waals surface area contributed by atoms with Crippen LogP contribution in [0, 0.1) is 8.99 Å². The van der Waals surface area contributed by atoms with E-state index in [4.69, 9.17) is 16.3 Å². The van der Waals surface area contributed by atoms with Gasteiger partial charge in [0.2, 0.25) is 0 Å². The number of hydrogen-bond acceptors (Lipinski definition) is 3. The van der Waals surface area contributed by atoms with Crippen molar-refractivity contribution in [2.75, 3.05) is 13.2 Å². The summed E-state index contributed by atoms with van der Waals surface area (Å²) in [7, 11) is 0. The highest BCUT2D eigenvalue weighted by Crippen LogP contribution is 2.45. The van der Waals surface area contributed by atoms with Crippen LogP contribution >= 0.6 is 50.1 Å². The van der Waals surface area contributed by atoms with Gasteiger partial charge in [-0.25, -0.2) is 4.79 Å². The van der Waals surface area contributed by atoms with Crippen LogP contribution in [0.2, 0.25) is 5.02 Å². The minimum absolute atomic E-state index is 0.199. The fourth-order valence-electron chi connectivity index (χ4n) is 4.34. The molecule has 1 amide bonds. The summed E-state index contributed by atoms with van der Waals surface area (Å²) in [5.41, 5.74) is 0.115. The van der Waals surface area contributed by atoms with Gasteiger partial charge in [-0.2, -0.15) is 0 Å². The van der Waals surface area contributed by atoms with Crippen LogP contribution in [0.5, 0.6) is 5.75 Å². The Morgan fingerprint density at radius 2 is 2.14 bits per heavy atom. The standard InChI is InChI=1S/C21H25BrClIN2O3/c1-20(2,3)21(6-4-5-8-26(21)19(27)28)7-9-29-18-13-10-16(24)15(23)11-17(13)25-12-14(18)22/h10-12H,4-9H2,1-3H3,(H,27,28)/t21-/m1/s1. The number of fused-ring (bicyclic) bond motifs is 1. The molecule has 1 N–H and O–H groups in total. The zero-order valence-electron chi connectivity index (χ0n) is 16.8. The van der Waals surface area contributed by atoms with Crippen LogP contribution in [0.25, 0.3) is 10.9 Å². The van der Waals surface area contributed by atoms with E-state index in [1.807, 2.05) is 12.1 Å². The van der Waals surface area contributed by atoms with Crippen molar-refractivity contribution in [3.63, 3.8) is 0 Å². The normalized spacial score (nSPS) is 20.1.